The molecule has 1 heterocycles. The zero-order chi connectivity index (χ0) is 35.0. The molecule has 8 nitrogen and oxygen atoms in total. The van der Waals surface area contributed by atoms with E-state index in [-0.39, 0.29) is 25.0 Å². The number of rotatable bonds is 13. The van der Waals surface area contributed by atoms with Gasteiger partial charge in [-0.25, -0.2) is 9.78 Å². The van der Waals surface area contributed by atoms with Gasteiger partial charge in [0.15, 0.2) is 5.16 Å². The second-order valence-electron chi connectivity index (χ2n) is 12.8. The van der Waals surface area contributed by atoms with E-state index in [9.17, 15) is 14.4 Å². The number of ether oxygens (including phenoxy) is 2. The summed E-state index contributed by atoms with van der Waals surface area (Å²) in [4.78, 5) is 46.8. The van der Waals surface area contributed by atoms with Crippen molar-refractivity contribution in [2.75, 3.05) is 23.8 Å². The van der Waals surface area contributed by atoms with Crippen LogP contribution in [0.5, 0.6) is 0 Å². The van der Waals surface area contributed by atoms with Crippen LogP contribution in [0.25, 0.3) is 11.0 Å². The molecular weight excluding hydrogens is 635 g/mol. The van der Waals surface area contributed by atoms with E-state index in [1.165, 1.54) is 11.8 Å². The van der Waals surface area contributed by atoms with E-state index in [0.29, 0.717) is 35.1 Å². The van der Waals surface area contributed by atoms with Crippen molar-refractivity contribution in [1.29, 1.82) is 0 Å². The summed E-state index contributed by atoms with van der Waals surface area (Å²) in [6, 6.07) is 34.3. The highest BCUT2D eigenvalue weighted by molar-refractivity contribution is 7.99. The van der Waals surface area contributed by atoms with Crippen molar-refractivity contribution < 1.29 is 23.9 Å². The average Bonchev–Trinajstić information content (AvgIpc) is 3.44. The van der Waals surface area contributed by atoms with Gasteiger partial charge in [-0.05, 0) is 88.6 Å². The summed E-state index contributed by atoms with van der Waals surface area (Å²) < 4.78 is 12.7. The van der Waals surface area contributed by atoms with Crippen LogP contribution in [0.4, 0.5) is 5.69 Å². The normalized spacial score (nSPS) is 11.7. The van der Waals surface area contributed by atoms with Gasteiger partial charge >= 0.3 is 11.9 Å². The molecule has 9 heteroatoms. The van der Waals surface area contributed by atoms with Gasteiger partial charge in [-0.3, -0.25) is 9.59 Å². The van der Waals surface area contributed by atoms with E-state index in [2.05, 4.69) is 0 Å². The van der Waals surface area contributed by atoms with Gasteiger partial charge in [0.1, 0.15) is 12.1 Å². The number of anilines is 1. The largest absolute Gasteiger partial charge is 0.462 e. The molecule has 5 rings (SSSR count). The number of hydrogen-bond donors (Lipinski definition) is 0. The van der Waals surface area contributed by atoms with Crippen molar-refractivity contribution in [3.63, 3.8) is 0 Å². The maximum Gasteiger partial charge on any atom is 0.338 e. The number of imidazole rings is 1. The molecule has 0 aliphatic carbocycles. The summed E-state index contributed by atoms with van der Waals surface area (Å²) in [5, 5.41) is 0.710. The van der Waals surface area contributed by atoms with E-state index in [1.54, 1.807) is 36.1 Å². The van der Waals surface area contributed by atoms with E-state index in [0.717, 1.165) is 22.2 Å². The van der Waals surface area contributed by atoms with Crippen molar-refractivity contribution in [2.45, 2.75) is 63.8 Å². The quantitative estimate of drug-likeness (QED) is 0.0707. The lowest BCUT2D eigenvalue weighted by molar-refractivity contribution is -0.155. The molecule has 0 radical (unpaired) electrons. The van der Waals surface area contributed by atoms with Crippen LogP contribution >= 0.6 is 11.8 Å². The van der Waals surface area contributed by atoms with E-state index in [4.69, 9.17) is 14.5 Å². The number of benzene rings is 4. The van der Waals surface area contributed by atoms with Gasteiger partial charge in [0.05, 0.1) is 28.6 Å². The molecule has 0 spiro atoms. The Balaban J connectivity index is 1.43. The number of nitrogens with zero attached hydrogens (tertiary/aromatic N) is 3. The highest BCUT2D eigenvalue weighted by Crippen LogP contribution is 2.36. The van der Waals surface area contributed by atoms with Gasteiger partial charge in [-0.15, -0.1) is 0 Å². The van der Waals surface area contributed by atoms with Crippen LogP contribution in [0, 0.1) is 0 Å². The fraction of sp³-hybridized carbons (Fsp3) is 0.300. The van der Waals surface area contributed by atoms with Crippen LogP contribution in [-0.4, -0.2) is 51.9 Å². The summed E-state index contributed by atoms with van der Waals surface area (Å²) in [6.45, 7) is 10.0. The zero-order valence-corrected chi connectivity index (χ0v) is 29.5. The molecule has 0 saturated heterocycles. The summed E-state index contributed by atoms with van der Waals surface area (Å²) in [5.41, 5.74) is 2.93. The van der Waals surface area contributed by atoms with Gasteiger partial charge in [-0.1, -0.05) is 84.6 Å². The summed E-state index contributed by atoms with van der Waals surface area (Å²) in [7, 11) is 0. The third kappa shape index (κ3) is 8.40. The maximum absolute atomic E-state index is 14.9. The zero-order valence-electron chi connectivity index (χ0n) is 28.7. The van der Waals surface area contributed by atoms with Gasteiger partial charge in [0, 0.05) is 18.0 Å². The molecule has 49 heavy (non-hydrogen) atoms. The number of hydrogen-bond acceptors (Lipinski definition) is 7. The van der Waals surface area contributed by atoms with Gasteiger partial charge in [0.25, 0.3) is 0 Å². The van der Waals surface area contributed by atoms with E-state index in [1.807, 2.05) is 117 Å². The molecule has 1 aromatic heterocycles. The molecular formula is C40H43N3O5S. The van der Waals surface area contributed by atoms with Crippen LogP contribution in [0.15, 0.2) is 114 Å². The molecule has 0 unspecified atom stereocenters. The number of para-hydroxylation sites is 2. The molecule has 4 aromatic carbocycles. The first-order chi connectivity index (χ1) is 23.5. The number of carbonyl (C=O) groups is 3. The Labute approximate surface area is 292 Å². The fourth-order valence-electron chi connectivity index (χ4n) is 5.77. The molecule has 1 amide bonds. The van der Waals surface area contributed by atoms with Crippen LogP contribution in [0.3, 0.4) is 0 Å². The number of fused-ring (bicyclic) bond motifs is 1. The van der Waals surface area contributed by atoms with Crippen molar-refractivity contribution in [3.05, 3.63) is 126 Å². The SMILES string of the molecule is CCOC(=O)c1ccc(N(CCCSc2nc3ccccc3n2CC(=O)OC(C)(C)C)C(=O)C(C)(c2ccccc2)c2ccccc2)cc1. The molecule has 0 fully saturated rings. The number of thioether (sulfide) groups is 1. The predicted octanol–water partition coefficient (Wildman–Crippen LogP) is 8.08. The minimum atomic E-state index is -0.989. The Bertz CT molecular complexity index is 1840. The number of amides is 1. The molecule has 0 saturated carbocycles. The van der Waals surface area contributed by atoms with E-state index < -0.39 is 17.0 Å². The third-order valence-corrected chi connectivity index (χ3v) is 9.21. The first-order valence-corrected chi connectivity index (χ1v) is 17.5. The topological polar surface area (TPSA) is 90.7 Å². The summed E-state index contributed by atoms with van der Waals surface area (Å²) >= 11 is 1.54. The monoisotopic (exact) mass is 677 g/mol. The molecule has 5 aromatic rings. The summed E-state index contributed by atoms with van der Waals surface area (Å²) in [5.74, 6) is -0.191. The molecule has 254 valence electrons. The lowest BCUT2D eigenvalue weighted by Crippen LogP contribution is -2.46. The Morgan fingerprint density at radius 2 is 1.39 bits per heavy atom. The third-order valence-electron chi connectivity index (χ3n) is 8.15. The Morgan fingerprint density at radius 1 is 0.796 bits per heavy atom. The van der Waals surface area contributed by atoms with Gasteiger partial charge in [-0.2, -0.15) is 0 Å². The van der Waals surface area contributed by atoms with Crippen LogP contribution in [0.1, 0.15) is 62.5 Å². The second-order valence-corrected chi connectivity index (χ2v) is 13.9. The molecule has 0 bridgehead atoms. The molecule has 0 aliphatic rings. The maximum atomic E-state index is 14.9. The van der Waals surface area contributed by atoms with Crippen LogP contribution in [-0.2, 0) is 31.0 Å². The van der Waals surface area contributed by atoms with Crippen molar-refractivity contribution in [2.24, 2.45) is 0 Å². The molecule has 0 N–H and O–H groups in total. The van der Waals surface area contributed by atoms with Gasteiger partial charge < -0.3 is 18.9 Å². The van der Waals surface area contributed by atoms with Gasteiger partial charge in [0.2, 0.25) is 5.91 Å². The first-order valence-electron chi connectivity index (χ1n) is 16.5. The predicted molar refractivity (Wildman–Crippen MR) is 195 cm³/mol. The minimum Gasteiger partial charge on any atom is -0.462 e. The van der Waals surface area contributed by atoms with Crippen molar-refractivity contribution in [1.82, 2.24) is 9.55 Å². The molecule has 0 atom stereocenters. The summed E-state index contributed by atoms with van der Waals surface area (Å²) in [6.07, 6.45) is 0.630. The highest BCUT2D eigenvalue weighted by atomic mass is 32.2. The lowest BCUT2D eigenvalue weighted by atomic mass is 9.75. The average molecular weight is 678 g/mol. The molecule has 0 aliphatic heterocycles. The van der Waals surface area contributed by atoms with E-state index >= 15 is 0 Å². The first kappa shape index (κ1) is 35.4. The Kier molecular flexibility index (Phi) is 11.2. The Hall–Kier alpha value is -4.89. The number of esters is 2. The fourth-order valence-corrected chi connectivity index (χ4v) is 6.71. The smallest absolute Gasteiger partial charge is 0.338 e. The Morgan fingerprint density at radius 3 is 1.98 bits per heavy atom. The van der Waals surface area contributed by atoms with Crippen LogP contribution < -0.4 is 4.90 Å². The van der Waals surface area contributed by atoms with Crippen molar-refractivity contribution >= 4 is 46.3 Å². The van der Waals surface area contributed by atoms with Crippen LogP contribution in [0.2, 0.25) is 0 Å². The second kappa shape index (κ2) is 15.6. The lowest BCUT2D eigenvalue weighted by Gasteiger charge is -2.36. The standard InChI is InChI=1S/C40H43N3O5S/c1-6-47-36(45)29-22-24-32(25-23-29)42(37(46)40(5,30-16-9-7-10-17-30)31-18-11-8-12-19-31)26-15-27-49-38-41-33-20-13-14-21-34(33)43(38)28-35(44)48-39(2,3)4/h7-14,16-25H,6,15,26-28H2,1-5H3. The highest BCUT2D eigenvalue weighted by Gasteiger charge is 2.40. The van der Waals surface area contributed by atoms with Crippen molar-refractivity contribution in [3.8, 4) is 0 Å². The number of carbonyl (C=O) groups excluding carboxylic acids is 3. The number of aromatic nitrogens is 2. The minimum absolute atomic E-state index is 0.0457.